The van der Waals surface area contributed by atoms with Crippen LogP contribution in [0.5, 0.6) is 5.75 Å². The van der Waals surface area contributed by atoms with Crippen LogP contribution in [0.3, 0.4) is 0 Å². The monoisotopic (exact) mass is 377 g/mol. The van der Waals surface area contributed by atoms with Crippen LogP contribution in [0.1, 0.15) is 47.6 Å². The predicted molar refractivity (Wildman–Crippen MR) is 95.2 cm³/mol. The summed E-state index contributed by atoms with van der Waals surface area (Å²) in [5.41, 5.74) is 3.45. The van der Waals surface area contributed by atoms with Crippen LogP contribution in [0, 0.1) is 6.92 Å². The molecule has 140 valence electrons. The van der Waals surface area contributed by atoms with E-state index < -0.39 is 0 Å². The van der Waals surface area contributed by atoms with Crippen molar-refractivity contribution in [2.24, 2.45) is 0 Å². The van der Waals surface area contributed by atoms with Crippen molar-refractivity contribution >= 4 is 11.6 Å². The van der Waals surface area contributed by atoms with Gasteiger partial charge < -0.3 is 22.8 Å². The zero-order chi connectivity index (χ0) is 18.2. The summed E-state index contributed by atoms with van der Waals surface area (Å²) >= 11 is 0. The van der Waals surface area contributed by atoms with Crippen molar-refractivity contribution < 1.29 is 32.3 Å². The summed E-state index contributed by atoms with van der Waals surface area (Å²) < 4.78 is 0. The lowest BCUT2D eigenvalue weighted by molar-refractivity contribution is -0.758. The minimum Gasteiger partial charge on any atom is -1.00 e. The van der Waals surface area contributed by atoms with E-state index in [1.807, 2.05) is 26.0 Å². The number of amides is 1. The number of benzene rings is 1. The van der Waals surface area contributed by atoms with Gasteiger partial charge in [-0.3, -0.25) is 9.63 Å². The maximum Gasteiger partial charge on any atom is 0.251 e. The van der Waals surface area contributed by atoms with Crippen LogP contribution < -0.4 is 22.9 Å². The molecule has 1 heterocycles. The fourth-order valence-corrected chi connectivity index (χ4v) is 2.19. The summed E-state index contributed by atoms with van der Waals surface area (Å²) in [5, 5.41) is 15.5. The van der Waals surface area contributed by atoms with Crippen LogP contribution in [-0.2, 0) is 11.4 Å². The number of carbonyl (C=O) groups is 1. The molecule has 26 heavy (non-hydrogen) atoms. The summed E-state index contributed by atoms with van der Waals surface area (Å²) in [5.74, 6) is 0.0271. The summed E-state index contributed by atoms with van der Waals surface area (Å²) in [6, 6.07) is 10.6. The third kappa shape index (κ3) is 6.04. The van der Waals surface area contributed by atoms with Gasteiger partial charge >= 0.3 is 0 Å². The Morgan fingerprint density at radius 1 is 1.23 bits per heavy atom. The van der Waals surface area contributed by atoms with Crippen LogP contribution in [0.25, 0.3) is 0 Å². The van der Waals surface area contributed by atoms with Gasteiger partial charge in [0, 0.05) is 24.7 Å². The summed E-state index contributed by atoms with van der Waals surface area (Å²) in [7, 11) is 0. The van der Waals surface area contributed by atoms with E-state index in [1.165, 1.54) is 0 Å². The Bertz CT molecular complexity index is 761. The molecule has 0 saturated carbocycles. The van der Waals surface area contributed by atoms with E-state index in [0.717, 1.165) is 17.7 Å². The molecular formula is C19H24ClN3O3. The van der Waals surface area contributed by atoms with Crippen molar-refractivity contribution in [2.45, 2.75) is 33.8 Å². The highest BCUT2D eigenvalue weighted by Crippen LogP contribution is 2.13. The van der Waals surface area contributed by atoms with E-state index in [2.05, 4.69) is 15.5 Å². The zero-order valence-electron chi connectivity index (χ0n) is 15.2. The second kappa shape index (κ2) is 10.4. The quantitative estimate of drug-likeness (QED) is 0.395. The van der Waals surface area contributed by atoms with Gasteiger partial charge in [-0.25, -0.2) is 4.98 Å². The molecule has 7 heteroatoms. The van der Waals surface area contributed by atoms with E-state index in [0.29, 0.717) is 30.1 Å². The van der Waals surface area contributed by atoms with Gasteiger partial charge in [-0.1, -0.05) is 19.1 Å². The minimum absolute atomic E-state index is 0. The van der Waals surface area contributed by atoms with Gasteiger partial charge in [0.1, 0.15) is 5.75 Å². The maximum absolute atomic E-state index is 11.8. The van der Waals surface area contributed by atoms with Gasteiger partial charge in [0.05, 0.1) is 0 Å². The molecule has 1 aromatic carbocycles. The Balaban J connectivity index is 0.00000338. The maximum atomic E-state index is 11.8. The number of rotatable bonds is 7. The Kier molecular flexibility index (Phi) is 8.58. The highest BCUT2D eigenvalue weighted by molar-refractivity contribution is 5.94. The molecule has 1 aromatic heterocycles. The van der Waals surface area contributed by atoms with Gasteiger partial charge in [-0.2, -0.15) is 0 Å². The number of halogens is 1. The van der Waals surface area contributed by atoms with Gasteiger partial charge in [-0.15, -0.1) is 0 Å². The molecule has 0 aliphatic heterocycles. The molecule has 3 N–H and O–H groups in total. The summed E-state index contributed by atoms with van der Waals surface area (Å²) in [6.45, 7) is 6.64. The molecule has 0 spiro atoms. The first-order chi connectivity index (χ1) is 12.0. The van der Waals surface area contributed by atoms with E-state index >= 15 is 0 Å². The molecule has 0 unspecified atom stereocenters. The van der Waals surface area contributed by atoms with Crippen LogP contribution in [0.2, 0.25) is 0 Å². The number of nitrogens with zero attached hydrogens (tertiary/aromatic N) is 1. The van der Waals surface area contributed by atoms with E-state index in [-0.39, 0.29) is 24.1 Å². The van der Waals surface area contributed by atoms with E-state index in [4.69, 9.17) is 4.84 Å². The Labute approximate surface area is 159 Å². The van der Waals surface area contributed by atoms with Crippen molar-refractivity contribution in [3.8, 4) is 5.75 Å². The molecule has 0 aliphatic carbocycles. The molecule has 6 nitrogen and oxygen atoms in total. The van der Waals surface area contributed by atoms with Crippen molar-refractivity contribution in [1.29, 1.82) is 0 Å². The van der Waals surface area contributed by atoms with Crippen LogP contribution >= 0.6 is 0 Å². The number of aromatic nitrogens is 1. The molecule has 0 atom stereocenters. The molecule has 0 fully saturated rings. The van der Waals surface area contributed by atoms with Crippen LogP contribution in [0.4, 0.5) is 0 Å². The van der Waals surface area contributed by atoms with Gasteiger partial charge in [0.25, 0.3) is 11.6 Å². The van der Waals surface area contributed by atoms with Crippen molar-refractivity contribution in [3.05, 3.63) is 58.9 Å². The topological polar surface area (TPSA) is 85.4 Å². The second-order valence-corrected chi connectivity index (χ2v) is 5.79. The molecule has 0 radical (unpaired) electrons. The molecular weight excluding hydrogens is 354 g/mol. The lowest BCUT2D eigenvalue weighted by atomic mass is 10.1. The number of nitrogens with one attached hydrogen (secondary N) is 2. The lowest BCUT2D eigenvalue weighted by Gasteiger charge is -2.04. The van der Waals surface area contributed by atoms with Crippen LogP contribution in [0.15, 0.2) is 36.4 Å². The predicted octanol–water partition coefficient (Wildman–Crippen LogP) is -1.74. The molecule has 2 aromatic rings. The van der Waals surface area contributed by atoms with E-state index in [1.54, 1.807) is 31.2 Å². The summed E-state index contributed by atoms with van der Waals surface area (Å²) in [6.07, 6.45) is 0.907. The van der Waals surface area contributed by atoms with Gasteiger partial charge in [0.15, 0.2) is 12.3 Å². The SMILES string of the molecule is CCCNC(=O)c1ccc(CO[NH+]=C(C)c2nc(C)ccc2O)cc1.[Cl-]. The van der Waals surface area contributed by atoms with Crippen molar-refractivity contribution in [1.82, 2.24) is 10.3 Å². The Morgan fingerprint density at radius 2 is 1.92 bits per heavy atom. The number of carbonyl (C=O) groups excluding carboxylic acids is 1. The second-order valence-electron chi connectivity index (χ2n) is 5.79. The van der Waals surface area contributed by atoms with Gasteiger partial charge in [0.2, 0.25) is 0 Å². The lowest BCUT2D eigenvalue weighted by Crippen LogP contribution is -3.00. The number of aryl methyl sites for hydroxylation is 1. The minimum atomic E-state index is -0.0716. The first kappa shape index (κ1) is 21.4. The average Bonchev–Trinajstić information content (AvgIpc) is 2.62. The van der Waals surface area contributed by atoms with Crippen molar-refractivity contribution in [3.63, 3.8) is 0 Å². The largest absolute Gasteiger partial charge is 1.00 e. The Hall–Kier alpha value is -2.60. The van der Waals surface area contributed by atoms with Crippen LogP contribution in [-0.4, -0.2) is 28.3 Å². The van der Waals surface area contributed by atoms with Gasteiger partial charge in [-0.05, 0) is 48.3 Å². The first-order valence-electron chi connectivity index (χ1n) is 8.26. The number of pyridine rings is 1. The third-order valence-electron chi connectivity index (χ3n) is 3.58. The number of hydrogen-bond acceptors (Lipinski definition) is 4. The fraction of sp³-hybridized carbons (Fsp3) is 0.316. The van der Waals surface area contributed by atoms with E-state index in [9.17, 15) is 9.90 Å². The fourth-order valence-electron chi connectivity index (χ4n) is 2.19. The molecule has 0 aliphatic rings. The average molecular weight is 378 g/mol. The zero-order valence-corrected chi connectivity index (χ0v) is 15.9. The highest BCUT2D eigenvalue weighted by Gasteiger charge is 2.12. The Morgan fingerprint density at radius 3 is 2.58 bits per heavy atom. The molecule has 0 bridgehead atoms. The summed E-state index contributed by atoms with van der Waals surface area (Å²) in [4.78, 5) is 21.6. The molecule has 1 amide bonds. The number of aromatic hydroxyl groups is 1. The number of hydrogen-bond donors (Lipinski definition) is 3. The molecule has 0 saturated heterocycles. The highest BCUT2D eigenvalue weighted by atomic mass is 35.5. The third-order valence-corrected chi connectivity index (χ3v) is 3.58. The normalized spacial score (nSPS) is 10.8. The van der Waals surface area contributed by atoms with Crippen molar-refractivity contribution in [2.75, 3.05) is 6.54 Å². The first-order valence-corrected chi connectivity index (χ1v) is 8.26. The standard InChI is InChI=1S/C19H23N3O3.ClH/c1-4-11-20-19(24)16-8-6-15(7-9-16)12-25-22-14(3)18-17(23)10-5-13(2)21-18;/h5-10,23H,4,11-12H2,1-3H3,(H,20,24);1H. The molecule has 2 rings (SSSR count). The smallest absolute Gasteiger partial charge is 0.251 e.